The first-order valence-electron chi connectivity index (χ1n) is 6.55. The predicted molar refractivity (Wildman–Crippen MR) is 80.3 cm³/mol. The van der Waals surface area contributed by atoms with E-state index in [2.05, 4.69) is 25.9 Å². The molecule has 0 aliphatic heterocycles. The summed E-state index contributed by atoms with van der Waals surface area (Å²) in [7, 11) is 0. The van der Waals surface area contributed by atoms with Gasteiger partial charge in [0.25, 0.3) is 11.3 Å². The summed E-state index contributed by atoms with van der Waals surface area (Å²) in [5.74, 6) is -1.54. The number of aromatic amines is 1. The van der Waals surface area contributed by atoms with Gasteiger partial charge in [-0.3, -0.25) is 9.89 Å². The summed E-state index contributed by atoms with van der Waals surface area (Å²) >= 11 is 3.32. The molecule has 9 heteroatoms. The van der Waals surface area contributed by atoms with Crippen LogP contribution in [0.25, 0.3) is 5.78 Å². The monoisotopic (exact) mass is 386 g/mol. The third-order valence-corrected chi connectivity index (χ3v) is 3.89. The van der Waals surface area contributed by atoms with Crippen LogP contribution in [0.1, 0.15) is 22.6 Å². The fourth-order valence-electron chi connectivity index (χ4n) is 2.19. The van der Waals surface area contributed by atoms with Crippen LogP contribution in [0, 0.1) is 6.92 Å². The minimum absolute atomic E-state index is 0.272. The van der Waals surface area contributed by atoms with E-state index in [0.29, 0.717) is 11.3 Å². The SMILES string of the molecule is Cc1nc2nc(C(F)(F)F)[nH]n2c(=O)c1Cc1ccc(Br)cc1. The fraction of sp³-hybridized carbons (Fsp3) is 0.214. The average molecular weight is 387 g/mol. The zero-order valence-corrected chi connectivity index (χ0v) is 13.4. The second-order valence-corrected chi connectivity index (χ2v) is 5.91. The van der Waals surface area contributed by atoms with Crippen LogP contribution in [0.15, 0.2) is 33.5 Å². The highest BCUT2D eigenvalue weighted by Crippen LogP contribution is 2.26. The van der Waals surface area contributed by atoms with Gasteiger partial charge in [0.05, 0.1) is 5.69 Å². The van der Waals surface area contributed by atoms with Crippen LogP contribution in [0.3, 0.4) is 0 Å². The Hall–Kier alpha value is -2.16. The zero-order valence-electron chi connectivity index (χ0n) is 11.8. The molecule has 2 aromatic heterocycles. The van der Waals surface area contributed by atoms with Gasteiger partial charge in [0.2, 0.25) is 5.82 Å². The van der Waals surface area contributed by atoms with Crippen LogP contribution in [0.4, 0.5) is 13.2 Å². The molecule has 0 saturated heterocycles. The summed E-state index contributed by atoms with van der Waals surface area (Å²) in [5, 5.41) is 1.96. The third kappa shape index (κ3) is 3.00. The number of alkyl halides is 3. The molecule has 3 aromatic rings. The Labute approximate surface area is 136 Å². The average Bonchev–Trinajstić information content (AvgIpc) is 2.89. The quantitative estimate of drug-likeness (QED) is 0.735. The van der Waals surface area contributed by atoms with Gasteiger partial charge >= 0.3 is 6.18 Å². The van der Waals surface area contributed by atoms with E-state index in [0.717, 1.165) is 14.6 Å². The Morgan fingerprint density at radius 1 is 1.22 bits per heavy atom. The number of aromatic nitrogens is 4. The smallest absolute Gasteiger partial charge is 0.267 e. The predicted octanol–water partition coefficient (Wildman–Crippen LogP) is 3.10. The topological polar surface area (TPSA) is 63.1 Å². The Morgan fingerprint density at radius 2 is 1.87 bits per heavy atom. The molecule has 0 amide bonds. The summed E-state index contributed by atoms with van der Waals surface area (Å²) in [6, 6.07) is 7.30. The molecule has 0 aliphatic carbocycles. The molecule has 2 heterocycles. The summed E-state index contributed by atoms with van der Waals surface area (Å²) < 4.78 is 39.7. The van der Waals surface area contributed by atoms with Crippen LogP contribution >= 0.6 is 15.9 Å². The molecule has 1 aromatic carbocycles. The maximum absolute atomic E-state index is 12.7. The molecule has 23 heavy (non-hydrogen) atoms. The van der Waals surface area contributed by atoms with Crippen molar-refractivity contribution in [2.75, 3.05) is 0 Å². The lowest BCUT2D eigenvalue weighted by molar-refractivity contribution is -0.144. The number of benzene rings is 1. The van der Waals surface area contributed by atoms with Crippen LogP contribution < -0.4 is 5.56 Å². The van der Waals surface area contributed by atoms with Crippen molar-refractivity contribution in [1.29, 1.82) is 0 Å². The molecule has 0 aliphatic rings. The van der Waals surface area contributed by atoms with E-state index in [1.807, 2.05) is 29.4 Å². The van der Waals surface area contributed by atoms with Gasteiger partial charge in [-0.25, -0.2) is 4.98 Å². The maximum atomic E-state index is 12.7. The number of hydrogen-bond donors (Lipinski definition) is 1. The molecule has 120 valence electrons. The Kier molecular flexibility index (Phi) is 3.75. The number of hydrogen-bond acceptors (Lipinski definition) is 3. The van der Waals surface area contributed by atoms with Gasteiger partial charge in [-0.05, 0) is 24.6 Å². The standard InChI is InChI=1S/C14H10BrF3N4O/c1-7-10(6-8-2-4-9(15)5-3-8)11(23)22-13(19-7)20-12(21-22)14(16,17)18/h2-5H,6H2,1H3,(H,19,20,21). The number of nitrogens with zero attached hydrogens (tertiary/aromatic N) is 3. The molecular weight excluding hydrogens is 377 g/mol. The van der Waals surface area contributed by atoms with E-state index in [9.17, 15) is 18.0 Å². The second kappa shape index (κ2) is 5.48. The normalized spacial score (nSPS) is 12.0. The van der Waals surface area contributed by atoms with Gasteiger partial charge in [0.1, 0.15) is 0 Å². The minimum atomic E-state index is -4.67. The molecule has 0 atom stereocenters. The van der Waals surface area contributed by atoms with Gasteiger partial charge < -0.3 is 0 Å². The molecule has 1 N–H and O–H groups in total. The van der Waals surface area contributed by atoms with Crippen molar-refractivity contribution >= 4 is 21.7 Å². The van der Waals surface area contributed by atoms with Crippen LogP contribution in [0.2, 0.25) is 0 Å². The molecular formula is C14H10BrF3N4O. The molecule has 0 spiro atoms. The van der Waals surface area contributed by atoms with Gasteiger partial charge in [-0.1, -0.05) is 28.1 Å². The highest BCUT2D eigenvalue weighted by Gasteiger charge is 2.35. The number of H-pyrrole nitrogens is 1. The summed E-state index contributed by atoms with van der Waals surface area (Å²) in [6.07, 6.45) is -4.39. The highest BCUT2D eigenvalue weighted by atomic mass is 79.9. The Morgan fingerprint density at radius 3 is 2.48 bits per heavy atom. The maximum Gasteiger partial charge on any atom is 0.451 e. The van der Waals surface area contributed by atoms with Crippen molar-refractivity contribution < 1.29 is 13.2 Å². The third-order valence-electron chi connectivity index (χ3n) is 3.36. The lowest BCUT2D eigenvalue weighted by Gasteiger charge is -2.05. The van der Waals surface area contributed by atoms with Gasteiger partial charge in [-0.15, -0.1) is 0 Å². The van der Waals surface area contributed by atoms with Crippen molar-refractivity contribution in [3.05, 3.63) is 61.7 Å². The van der Waals surface area contributed by atoms with E-state index in [-0.39, 0.29) is 12.2 Å². The second-order valence-electron chi connectivity index (χ2n) is 4.99. The molecule has 0 unspecified atom stereocenters. The van der Waals surface area contributed by atoms with Crippen LogP contribution in [-0.2, 0) is 12.6 Å². The van der Waals surface area contributed by atoms with E-state index >= 15 is 0 Å². The number of nitrogens with one attached hydrogen (secondary N) is 1. The van der Waals surface area contributed by atoms with Crippen molar-refractivity contribution in [1.82, 2.24) is 19.6 Å². The first-order valence-corrected chi connectivity index (χ1v) is 7.35. The van der Waals surface area contributed by atoms with Gasteiger partial charge in [0.15, 0.2) is 0 Å². The molecule has 0 fully saturated rings. The van der Waals surface area contributed by atoms with E-state index in [1.165, 1.54) is 0 Å². The summed E-state index contributed by atoms with van der Waals surface area (Å²) in [5.41, 5.74) is 0.949. The number of aryl methyl sites for hydroxylation is 1. The van der Waals surface area contributed by atoms with E-state index in [1.54, 1.807) is 6.92 Å². The van der Waals surface area contributed by atoms with Gasteiger partial charge in [-0.2, -0.15) is 22.7 Å². The number of fused-ring (bicyclic) bond motifs is 1. The first-order chi connectivity index (χ1) is 10.8. The van der Waals surface area contributed by atoms with Crippen molar-refractivity contribution in [2.24, 2.45) is 0 Å². The summed E-state index contributed by atoms with van der Waals surface area (Å²) in [4.78, 5) is 19.8. The lowest BCUT2D eigenvalue weighted by atomic mass is 10.1. The molecule has 3 rings (SSSR count). The largest absolute Gasteiger partial charge is 0.451 e. The minimum Gasteiger partial charge on any atom is -0.267 e. The van der Waals surface area contributed by atoms with Crippen molar-refractivity contribution in [3.63, 3.8) is 0 Å². The highest BCUT2D eigenvalue weighted by molar-refractivity contribution is 9.10. The van der Waals surface area contributed by atoms with Crippen molar-refractivity contribution in [2.45, 2.75) is 19.5 Å². The Bertz CT molecular complexity index is 928. The number of rotatable bonds is 2. The number of halogens is 4. The Balaban J connectivity index is 2.10. The molecule has 0 saturated carbocycles. The van der Waals surface area contributed by atoms with E-state index in [4.69, 9.17) is 0 Å². The van der Waals surface area contributed by atoms with Gasteiger partial charge in [0, 0.05) is 16.5 Å². The van der Waals surface area contributed by atoms with Crippen molar-refractivity contribution in [3.8, 4) is 0 Å². The van der Waals surface area contributed by atoms with Crippen LogP contribution in [0.5, 0.6) is 0 Å². The molecule has 0 radical (unpaired) electrons. The zero-order chi connectivity index (χ0) is 16.8. The fourth-order valence-corrected chi connectivity index (χ4v) is 2.46. The molecule has 5 nitrogen and oxygen atoms in total. The van der Waals surface area contributed by atoms with E-state index < -0.39 is 17.6 Å². The first kappa shape index (κ1) is 15.7. The van der Waals surface area contributed by atoms with Crippen LogP contribution in [-0.4, -0.2) is 19.6 Å². The lowest BCUT2D eigenvalue weighted by Crippen LogP contribution is -2.22. The molecule has 0 bridgehead atoms. The summed E-state index contributed by atoms with van der Waals surface area (Å²) in [6.45, 7) is 1.58.